The van der Waals surface area contributed by atoms with E-state index in [-0.39, 0.29) is 12.3 Å². The predicted octanol–water partition coefficient (Wildman–Crippen LogP) is 2.37. The van der Waals surface area contributed by atoms with Crippen molar-refractivity contribution in [2.24, 2.45) is 0 Å². The molecule has 6 nitrogen and oxygen atoms in total. The van der Waals surface area contributed by atoms with Crippen LogP contribution >= 0.6 is 0 Å². The van der Waals surface area contributed by atoms with E-state index >= 15 is 0 Å². The fraction of sp³-hybridized carbons (Fsp3) is 0.294. The second-order valence-electron chi connectivity index (χ2n) is 5.44. The Hall–Kier alpha value is -2.76. The first-order chi connectivity index (χ1) is 11.2. The van der Waals surface area contributed by atoms with Gasteiger partial charge in [-0.2, -0.15) is 0 Å². The Morgan fingerprint density at radius 1 is 1.39 bits per heavy atom. The lowest BCUT2D eigenvalue weighted by atomic mass is 10.1. The van der Waals surface area contributed by atoms with Crippen molar-refractivity contribution >= 4 is 16.8 Å². The van der Waals surface area contributed by atoms with Gasteiger partial charge >= 0.3 is 0 Å². The molecule has 0 aliphatic heterocycles. The maximum absolute atomic E-state index is 11.9. The third kappa shape index (κ3) is 3.53. The first-order valence-corrected chi connectivity index (χ1v) is 7.48. The van der Waals surface area contributed by atoms with Crippen molar-refractivity contribution in [1.29, 1.82) is 0 Å². The summed E-state index contributed by atoms with van der Waals surface area (Å²) in [5.41, 5.74) is 2.99. The van der Waals surface area contributed by atoms with Crippen molar-refractivity contribution in [2.45, 2.75) is 19.8 Å². The highest BCUT2D eigenvalue weighted by atomic mass is 16.5. The van der Waals surface area contributed by atoms with Gasteiger partial charge in [0.25, 0.3) is 0 Å². The van der Waals surface area contributed by atoms with E-state index in [1.54, 1.807) is 13.2 Å². The number of aromatic amines is 1. The topological polar surface area (TPSA) is 80.1 Å². The Bertz CT molecular complexity index is 819. The fourth-order valence-electron chi connectivity index (χ4n) is 2.55. The zero-order valence-electron chi connectivity index (χ0n) is 13.2. The van der Waals surface area contributed by atoms with Crippen LogP contribution in [0.15, 0.2) is 35.0 Å². The van der Waals surface area contributed by atoms with Crippen molar-refractivity contribution in [3.63, 3.8) is 0 Å². The summed E-state index contributed by atoms with van der Waals surface area (Å²) in [5.74, 6) is 1.33. The summed E-state index contributed by atoms with van der Waals surface area (Å²) < 4.78 is 10.3. The van der Waals surface area contributed by atoms with E-state index in [9.17, 15) is 4.79 Å². The first-order valence-electron chi connectivity index (χ1n) is 7.48. The van der Waals surface area contributed by atoms with Gasteiger partial charge in [0.1, 0.15) is 11.5 Å². The number of hydrogen-bond donors (Lipinski definition) is 2. The molecule has 0 spiro atoms. The molecule has 0 fully saturated rings. The van der Waals surface area contributed by atoms with Gasteiger partial charge in [-0.3, -0.25) is 4.79 Å². The normalized spacial score (nSPS) is 10.9. The van der Waals surface area contributed by atoms with Crippen molar-refractivity contribution in [3.8, 4) is 5.75 Å². The molecule has 1 amide bonds. The highest BCUT2D eigenvalue weighted by Gasteiger charge is 2.09. The van der Waals surface area contributed by atoms with Crippen LogP contribution in [0.4, 0.5) is 0 Å². The lowest BCUT2D eigenvalue weighted by Crippen LogP contribution is -2.27. The minimum atomic E-state index is -0.0708. The number of carbonyl (C=O) groups excluding carboxylic acids is 1. The molecule has 2 N–H and O–H groups in total. The molecule has 3 rings (SSSR count). The predicted molar refractivity (Wildman–Crippen MR) is 86.5 cm³/mol. The standard InChI is InChI=1S/C17H19N3O3/c1-11-7-14(23-20-11)9-17(21)18-6-5-12-10-19-16-4-3-13(22-2)8-15(12)16/h3-4,7-8,10,19H,5-6,9H2,1-2H3,(H,18,21). The lowest BCUT2D eigenvalue weighted by Gasteiger charge is -2.04. The van der Waals surface area contributed by atoms with Gasteiger partial charge in [0.05, 0.1) is 19.2 Å². The van der Waals surface area contributed by atoms with E-state index in [0.29, 0.717) is 12.3 Å². The van der Waals surface area contributed by atoms with Crippen LogP contribution in [-0.2, 0) is 17.6 Å². The van der Waals surface area contributed by atoms with E-state index < -0.39 is 0 Å². The van der Waals surface area contributed by atoms with Crippen molar-refractivity contribution in [3.05, 3.63) is 47.5 Å². The van der Waals surface area contributed by atoms with Gasteiger partial charge in [0.2, 0.25) is 5.91 Å². The highest BCUT2D eigenvalue weighted by Crippen LogP contribution is 2.23. The number of nitrogens with one attached hydrogen (secondary N) is 2. The molecule has 0 aliphatic rings. The van der Waals surface area contributed by atoms with Crippen LogP contribution in [0.2, 0.25) is 0 Å². The zero-order chi connectivity index (χ0) is 16.2. The molecular weight excluding hydrogens is 294 g/mol. The molecule has 3 aromatic rings. The molecule has 2 aromatic heterocycles. The highest BCUT2D eigenvalue weighted by molar-refractivity contribution is 5.84. The summed E-state index contributed by atoms with van der Waals surface area (Å²) >= 11 is 0. The summed E-state index contributed by atoms with van der Waals surface area (Å²) in [6.07, 6.45) is 2.92. The van der Waals surface area contributed by atoms with Crippen molar-refractivity contribution in [1.82, 2.24) is 15.5 Å². The molecule has 120 valence electrons. The average Bonchev–Trinajstić information content (AvgIpc) is 3.13. The third-order valence-electron chi connectivity index (χ3n) is 3.70. The number of aryl methyl sites for hydroxylation is 1. The Morgan fingerprint density at radius 3 is 3.00 bits per heavy atom. The Morgan fingerprint density at radius 2 is 2.26 bits per heavy atom. The van der Waals surface area contributed by atoms with Gasteiger partial charge in [-0.05, 0) is 37.1 Å². The zero-order valence-corrected chi connectivity index (χ0v) is 13.2. The van der Waals surface area contributed by atoms with Crippen molar-refractivity contribution < 1.29 is 14.1 Å². The molecule has 0 saturated heterocycles. The second-order valence-corrected chi connectivity index (χ2v) is 5.44. The number of nitrogens with zero attached hydrogens (tertiary/aromatic N) is 1. The molecule has 0 unspecified atom stereocenters. The van der Waals surface area contributed by atoms with Gasteiger partial charge in [-0.25, -0.2) is 0 Å². The van der Waals surface area contributed by atoms with Crippen LogP contribution in [0.5, 0.6) is 5.75 Å². The maximum Gasteiger partial charge on any atom is 0.227 e. The number of aromatic nitrogens is 2. The van der Waals surface area contributed by atoms with E-state index in [1.807, 2.05) is 31.3 Å². The van der Waals surface area contributed by atoms with E-state index in [2.05, 4.69) is 15.5 Å². The molecule has 0 aliphatic carbocycles. The van der Waals surface area contributed by atoms with Gasteiger partial charge < -0.3 is 19.6 Å². The minimum absolute atomic E-state index is 0.0708. The van der Waals surface area contributed by atoms with Gasteiger partial charge in [-0.1, -0.05) is 5.16 Å². The van der Waals surface area contributed by atoms with E-state index in [1.165, 1.54) is 0 Å². The Balaban J connectivity index is 1.57. The molecule has 0 bridgehead atoms. The lowest BCUT2D eigenvalue weighted by molar-refractivity contribution is -0.120. The Labute approximate surface area is 133 Å². The monoisotopic (exact) mass is 313 g/mol. The van der Waals surface area contributed by atoms with Gasteiger partial charge in [-0.15, -0.1) is 0 Å². The van der Waals surface area contributed by atoms with E-state index in [0.717, 1.165) is 34.3 Å². The molecular formula is C17H19N3O3. The SMILES string of the molecule is COc1ccc2[nH]cc(CCNC(=O)Cc3cc(C)no3)c2c1. The average molecular weight is 313 g/mol. The van der Waals surface area contributed by atoms with Crippen LogP contribution in [-0.4, -0.2) is 29.7 Å². The summed E-state index contributed by atoms with van der Waals surface area (Å²) in [7, 11) is 1.65. The summed E-state index contributed by atoms with van der Waals surface area (Å²) in [6.45, 7) is 2.40. The molecule has 1 aromatic carbocycles. The van der Waals surface area contributed by atoms with Crippen molar-refractivity contribution in [2.75, 3.05) is 13.7 Å². The number of hydrogen-bond acceptors (Lipinski definition) is 4. The number of H-pyrrole nitrogens is 1. The summed E-state index contributed by atoms with van der Waals surface area (Å²) in [5, 5.41) is 7.79. The molecule has 23 heavy (non-hydrogen) atoms. The fourth-order valence-corrected chi connectivity index (χ4v) is 2.55. The molecule has 6 heteroatoms. The number of benzene rings is 1. The first kappa shape index (κ1) is 15.1. The van der Waals surface area contributed by atoms with Gasteiger partial charge in [0.15, 0.2) is 0 Å². The smallest absolute Gasteiger partial charge is 0.227 e. The second kappa shape index (κ2) is 6.56. The van der Waals surface area contributed by atoms with Crippen LogP contribution in [0.1, 0.15) is 17.0 Å². The molecule has 0 saturated carbocycles. The minimum Gasteiger partial charge on any atom is -0.497 e. The molecule has 0 radical (unpaired) electrons. The molecule has 2 heterocycles. The largest absolute Gasteiger partial charge is 0.497 e. The summed E-state index contributed by atoms with van der Waals surface area (Å²) in [6, 6.07) is 7.68. The number of amides is 1. The number of methoxy groups -OCH3 is 1. The van der Waals surface area contributed by atoms with Gasteiger partial charge in [0, 0.05) is 29.7 Å². The number of carbonyl (C=O) groups is 1. The van der Waals surface area contributed by atoms with Crippen LogP contribution in [0.3, 0.4) is 0 Å². The Kier molecular flexibility index (Phi) is 4.32. The quantitative estimate of drug-likeness (QED) is 0.732. The number of ether oxygens (including phenoxy) is 1. The number of fused-ring (bicyclic) bond motifs is 1. The van der Waals surface area contributed by atoms with Crippen LogP contribution in [0, 0.1) is 6.92 Å². The van der Waals surface area contributed by atoms with Crippen LogP contribution < -0.4 is 10.1 Å². The molecule has 0 atom stereocenters. The number of rotatable bonds is 6. The van der Waals surface area contributed by atoms with E-state index in [4.69, 9.17) is 9.26 Å². The maximum atomic E-state index is 11.9. The summed E-state index contributed by atoms with van der Waals surface area (Å²) in [4.78, 5) is 15.1. The van der Waals surface area contributed by atoms with Crippen LogP contribution in [0.25, 0.3) is 10.9 Å². The third-order valence-corrected chi connectivity index (χ3v) is 3.70.